The van der Waals surface area contributed by atoms with Crippen LogP contribution < -0.4 is 0 Å². The molecule has 0 saturated heterocycles. The Morgan fingerprint density at radius 2 is 1.87 bits per heavy atom. The Morgan fingerprint density at radius 3 is 2.40 bits per heavy atom. The van der Waals surface area contributed by atoms with Crippen molar-refractivity contribution in [3.8, 4) is 0 Å². The molecule has 1 fully saturated rings. The molecule has 0 aliphatic heterocycles. The Balaban J connectivity index is 2.32. The fourth-order valence-electron chi connectivity index (χ4n) is 2.68. The first-order valence-corrected chi connectivity index (χ1v) is 6.60. The standard InChI is InChI=1S/C14H28O/c1-5-12-10-11(6-7-13(12)15)8-9-14(2,3)4/h11-13,15H,5-10H2,1-4H3. The molecular weight excluding hydrogens is 184 g/mol. The van der Waals surface area contributed by atoms with Crippen LogP contribution in [0.5, 0.6) is 0 Å². The van der Waals surface area contributed by atoms with Crippen molar-refractivity contribution < 1.29 is 5.11 Å². The highest BCUT2D eigenvalue weighted by atomic mass is 16.3. The third kappa shape index (κ3) is 4.55. The first-order valence-electron chi connectivity index (χ1n) is 6.60. The zero-order valence-electron chi connectivity index (χ0n) is 10.9. The second-order valence-corrected chi connectivity index (χ2v) is 6.51. The van der Waals surface area contributed by atoms with Gasteiger partial charge >= 0.3 is 0 Å². The van der Waals surface area contributed by atoms with E-state index in [1.165, 1.54) is 25.7 Å². The predicted octanol–water partition coefficient (Wildman–Crippen LogP) is 4.00. The van der Waals surface area contributed by atoms with Crippen LogP contribution >= 0.6 is 0 Å². The molecule has 0 aromatic carbocycles. The van der Waals surface area contributed by atoms with Gasteiger partial charge in [0.25, 0.3) is 0 Å². The van der Waals surface area contributed by atoms with E-state index in [0.29, 0.717) is 11.3 Å². The second kappa shape index (κ2) is 5.34. The van der Waals surface area contributed by atoms with Crippen molar-refractivity contribution in [3.63, 3.8) is 0 Å². The summed E-state index contributed by atoms with van der Waals surface area (Å²) in [6.45, 7) is 9.17. The van der Waals surface area contributed by atoms with E-state index in [0.717, 1.165) is 18.8 Å². The fraction of sp³-hybridized carbons (Fsp3) is 1.00. The molecule has 0 bridgehead atoms. The summed E-state index contributed by atoms with van der Waals surface area (Å²) in [4.78, 5) is 0. The van der Waals surface area contributed by atoms with Gasteiger partial charge in [0, 0.05) is 0 Å². The second-order valence-electron chi connectivity index (χ2n) is 6.51. The SMILES string of the molecule is CCC1CC(CCC(C)(C)C)CCC1O. The van der Waals surface area contributed by atoms with Crippen LogP contribution in [0, 0.1) is 17.3 Å². The van der Waals surface area contributed by atoms with Crippen molar-refractivity contribution in [2.75, 3.05) is 0 Å². The Labute approximate surface area is 95.3 Å². The normalized spacial score (nSPS) is 33.0. The van der Waals surface area contributed by atoms with Crippen molar-refractivity contribution in [1.82, 2.24) is 0 Å². The van der Waals surface area contributed by atoms with E-state index in [4.69, 9.17) is 0 Å². The summed E-state index contributed by atoms with van der Waals surface area (Å²) >= 11 is 0. The zero-order valence-corrected chi connectivity index (χ0v) is 10.9. The molecule has 1 saturated carbocycles. The van der Waals surface area contributed by atoms with Crippen LogP contribution in [0.4, 0.5) is 0 Å². The highest BCUT2D eigenvalue weighted by Gasteiger charge is 2.28. The number of hydrogen-bond donors (Lipinski definition) is 1. The highest BCUT2D eigenvalue weighted by Crippen LogP contribution is 2.36. The lowest BCUT2D eigenvalue weighted by Gasteiger charge is -2.34. The molecule has 1 nitrogen and oxygen atoms in total. The molecule has 90 valence electrons. The van der Waals surface area contributed by atoms with E-state index in [9.17, 15) is 5.11 Å². The van der Waals surface area contributed by atoms with Crippen LogP contribution in [0.1, 0.15) is 66.2 Å². The third-order valence-corrected chi connectivity index (χ3v) is 3.88. The molecule has 0 heterocycles. The highest BCUT2D eigenvalue weighted by molar-refractivity contribution is 4.80. The molecule has 0 spiro atoms. The van der Waals surface area contributed by atoms with E-state index in [-0.39, 0.29) is 6.10 Å². The minimum absolute atomic E-state index is 0.0131. The number of hydrogen-bond acceptors (Lipinski definition) is 1. The van der Waals surface area contributed by atoms with Crippen molar-refractivity contribution in [3.05, 3.63) is 0 Å². The van der Waals surface area contributed by atoms with E-state index in [1.54, 1.807) is 0 Å². The van der Waals surface area contributed by atoms with Crippen molar-refractivity contribution in [1.29, 1.82) is 0 Å². The molecule has 1 rings (SSSR count). The maximum atomic E-state index is 9.81. The molecular formula is C14H28O. The van der Waals surface area contributed by atoms with E-state index in [1.807, 2.05) is 0 Å². The van der Waals surface area contributed by atoms with Gasteiger partial charge < -0.3 is 5.11 Å². The molecule has 1 N–H and O–H groups in total. The molecule has 3 unspecified atom stereocenters. The van der Waals surface area contributed by atoms with E-state index in [2.05, 4.69) is 27.7 Å². The number of aliphatic hydroxyl groups is 1. The molecule has 1 aliphatic carbocycles. The molecule has 1 aliphatic rings. The summed E-state index contributed by atoms with van der Waals surface area (Å²) in [5, 5.41) is 9.81. The van der Waals surface area contributed by atoms with Crippen molar-refractivity contribution >= 4 is 0 Å². The van der Waals surface area contributed by atoms with E-state index >= 15 is 0 Å². The lowest BCUT2D eigenvalue weighted by atomic mass is 9.74. The van der Waals surface area contributed by atoms with Gasteiger partial charge in [-0.3, -0.25) is 0 Å². The third-order valence-electron chi connectivity index (χ3n) is 3.88. The summed E-state index contributed by atoms with van der Waals surface area (Å²) < 4.78 is 0. The zero-order chi connectivity index (χ0) is 11.5. The van der Waals surface area contributed by atoms with Gasteiger partial charge in [0.05, 0.1) is 6.10 Å². The molecule has 0 aromatic rings. The average molecular weight is 212 g/mol. The molecule has 0 amide bonds. The minimum Gasteiger partial charge on any atom is -0.393 e. The van der Waals surface area contributed by atoms with Crippen molar-refractivity contribution in [2.24, 2.45) is 17.3 Å². The Hall–Kier alpha value is -0.0400. The first-order chi connectivity index (χ1) is 6.92. The Bertz CT molecular complexity index is 180. The average Bonchev–Trinajstić information content (AvgIpc) is 2.15. The molecule has 0 aromatic heterocycles. The molecule has 1 heteroatoms. The quantitative estimate of drug-likeness (QED) is 0.749. The van der Waals surface area contributed by atoms with Gasteiger partial charge in [-0.1, -0.05) is 34.1 Å². The van der Waals surface area contributed by atoms with Crippen LogP contribution in [-0.2, 0) is 0 Å². The topological polar surface area (TPSA) is 20.2 Å². The van der Waals surface area contributed by atoms with Gasteiger partial charge in [-0.25, -0.2) is 0 Å². The molecule has 0 radical (unpaired) electrons. The fourth-order valence-corrected chi connectivity index (χ4v) is 2.68. The summed E-state index contributed by atoms with van der Waals surface area (Å²) in [5.41, 5.74) is 0.470. The number of rotatable bonds is 3. The maximum absolute atomic E-state index is 9.81. The van der Waals surface area contributed by atoms with Gasteiger partial charge in [0.1, 0.15) is 0 Å². The van der Waals surface area contributed by atoms with Gasteiger partial charge in [-0.15, -0.1) is 0 Å². The summed E-state index contributed by atoms with van der Waals surface area (Å²) in [5.74, 6) is 1.45. The van der Waals surface area contributed by atoms with E-state index < -0.39 is 0 Å². The Kier molecular flexibility index (Phi) is 4.64. The smallest absolute Gasteiger partial charge is 0.0568 e. The lowest BCUT2D eigenvalue weighted by Crippen LogP contribution is -2.29. The van der Waals surface area contributed by atoms with Crippen LogP contribution in [0.3, 0.4) is 0 Å². The summed E-state index contributed by atoms with van der Waals surface area (Å²) in [6.07, 6.45) is 7.35. The largest absolute Gasteiger partial charge is 0.393 e. The molecule has 3 atom stereocenters. The summed E-state index contributed by atoms with van der Waals surface area (Å²) in [7, 11) is 0. The van der Waals surface area contributed by atoms with Crippen LogP contribution in [0.2, 0.25) is 0 Å². The maximum Gasteiger partial charge on any atom is 0.0568 e. The molecule has 15 heavy (non-hydrogen) atoms. The Morgan fingerprint density at radius 1 is 1.20 bits per heavy atom. The predicted molar refractivity (Wildman–Crippen MR) is 65.8 cm³/mol. The lowest BCUT2D eigenvalue weighted by molar-refractivity contribution is 0.0421. The van der Waals surface area contributed by atoms with Crippen LogP contribution in [0.25, 0.3) is 0 Å². The van der Waals surface area contributed by atoms with Crippen LogP contribution in [-0.4, -0.2) is 11.2 Å². The summed E-state index contributed by atoms with van der Waals surface area (Å²) in [6, 6.07) is 0. The van der Waals surface area contributed by atoms with Gasteiger partial charge in [-0.2, -0.15) is 0 Å². The van der Waals surface area contributed by atoms with Crippen LogP contribution in [0.15, 0.2) is 0 Å². The van der Waals surface area contributed by atoms with Gasteiger partial charge in [0.15, 0.2) is 0 Å². The monoisotopic (exact) mass is 212 g/mol. The number of aliphatic hydroxyl groups excluding tert-OH is 1. The van der Waals surface area contributed by atoms with Gasteiger partial charge in [0.2, 0.25) is 0 Å². The minimum atomic E-state index is -0.0131. The first kappa shape index (κ1) is 13.0. The van der Waals surface area contributed by atoms with Crippen molar-refractivity contribution in [2.45, 2.75) is 72.3 Å². The van der Waals surface area contributed by atoms with Gasteiger partial charge in [-0.05, 0) is 49.4 Å².